The third-order valence-corrected chi connectivity index (χ3v) is 3.55. The fourth-order valence-electron chi connectivity index (χ4n) is 2.46. The molecule has 0 aromatic heterocycles. The van der Waals surface area contributed by atoms with Crippen molar-refractivity contribution in [3.05, 3.63) is 0 Å². The molecule has 2 atom stereocenters. The van der Waals surface area contributed by atoms with Crippen LogP contribution in [0, 0.1) is 5.92 Å². The zero-order chi connectivity index (χ0) is 14.4. The number of carbonyl (C=O) groups excluding carboxylic acids is 1. The minimum atomic E-state index is -1.01. The number of aliphatic hydroxyl groups is 1. The third-order valence-electron chi connectivity index (χ3n) is 3.55. The molecule has 2 unspecified atom stereocenters. The summed E-state index contributed by atoms with van der Waals surface area (Å²) in [4.78, 5) is 24.9. The van der Waals surface area contributed by atoms with Crippen LogP contribution in [0.2, 0.25) is 0 Å². The summed E-state index contributed by atoms with van der Waals surface area (Å²) in [5.74, 6) is -1.16. The smallest absolute Gasteiger partial charge is 0.326 e. The highest BCUT2D eigenvalue weighted by molar-refractivity contribution is 5.83. The quantitative estimate of drug-likeness (QED) is 0.674. The zero-order valence-corrected chi connectivity index (χ0v) is 11.6. The molecular weight excluding hydrogens is 248 g/mol. The van der Waals surface area contributed by atoms with Crippen molar-refractivity contribution in [2.75, 3.05) is 13.2 Å². The van der Waals surface area contributed by atoms with Crippen LogP contribution in [-0.4, -0.2) is 52.3 Å². The average molecular weight is 272 g/mol. The Morgan fingerprint density at radius 3 is 2.63 bits per heavy atom. The number of aliphatic hydroxyl groups excluding tert-OH is 1. The second-order valence-electron chi connectivity index (χ2n) is 5.36. The summed E-state index contributed by atoms with van der Waals surface area (Å²) in [5.41, 5.74) is 0. The molecule has 1 fully saturated rings. The van der Waals surface area contributed by atoms with Crippen LogP contribution in [0.3, 0.4) is 0 Å². The monoisotopic (exact) mass is 272 g/mol. The number of carbonyl (C=O) groups is 2. The molecule has 0 aromatic rings. The first-order valence-electron chi connectivity index (χ1n) is 6.88. The van der Waals surface area contributed by atoms with E-state index in [1.165, 1.54) is 0 Å². The van der Waals surface area contributed by atoms with Crippen molar-refractivity contribution in [3.8, 4) is 0 Å². The molecule has 1 heterocycles. The number of carboxylic acids is 1. The number of amides is 2. The summed E-state index contributed by atoms with van der Waals surface area (Å²) >= 11 is 0. The fourth-order valence-corrected chi connectivity index (χ4v) is 2.46. The minimum Gasteiger partial charge on any atom is -0.480 e. The molecule has 2 amide bonds. The van der Waals surface area contributed by atoms with E-state index >= 15 is 0 Å². The first kappa shape index (κ1) is 15.8. The first-order chi connectivity index (χ1) is 8.97. The molecule has 19 heavy (non-hydrogen) atoms. The van der Waals surface area contributed by atoms with Crippen LogP contribution in [0.4, 0.5) is 4.79 Å². The fraction of sp³-hybridized carbons (Fsp3) is 0.846. The van der Waals surface area contributed by atoms with E-state index in [-0.39, 0.29) is 24.6 Å². The highest BCUT2D eigenvalue weighted by Gasteiger charge is 2.31. The van der Waals surface area contributed by atoms with Gasteiger partial charge in [-0.25, -0.2) is 9.59 Å². The van der Waals surface area contributed by atoms with Gasteiger partial charge in [0.05, 0.1) is 0 Å². The van der Waals surface area contributed by atoms with Crippen molar-refractivity contribution in [1.29, 1.82) is 0 Å². The Morgan fingerprint density at radius 1 is 1.42 bits per heavy atom. The molecule has 0 saturated carbocycles. The normalized spacial score (nSPS) is 20.6. The van der Waals surface area contributed by atoms with Crippen molar-refractivity contribution >= 4 is 12.0 Å². The molecule has 6 nitrogen and oxygen atoms in total. The second kappa shape index (κ2) is 7.33. The number of urea groups is 1. The second-order valence-corrected chi connectivity index (χ2v) is 5.36. The third kappa shape index (κ3) is 4.38. The van der Waals surface area contributed by atoms with E-state index in [2.05, 4.69) is 5.32 Å². The lowest BCUT2D eigenvalue weighted by Crippen LogP contribution is -2.51. The molecule has 1 saturated heterocycles. The number of nitrogens with one attached hydrogen (secondary N) is 1. The molecule has 0 spiro atoms. The van der Waals surface area contributed by atoms with Gasteiger partial charge in [0, 0.05) is 19.2 Å². The van der Waals surface area contributed by atoms with Crippen LogP contribution in [0.5, 0.6) is 0 Å². The topological polar surface area (TPSA) is 89.9 Å². The maximum atomic E-state index is 12.1. The molecular formula is C13H24N2O4. The van der Waals surface area contributed by atoms with E-state index in [1.807, 2.05) is 0 Å². The Hall–Kier alpha value is -1.30. The van der Waals surface area contributed by atoms with Crippen molar-refractivity contribution in [3.63, 3.8) is 0 Å². The largest absolute Gasteiger partial charge is 0.480 e. The van der Waals surface area contributed by atoms with Crippen LogP contribution in [-0.2, 0) is 4.79 Å². The Kier molecular flexibility index (Phi) is 6.08. The summed E-state index contributed by atoms with van der Waals surface area (Å²) in [6.45, 7) is 4.32. The Balaban J connectivity index is 2.58. The standard InChI is InChI=1S/C13H24N2O4/c1-9(2)11(12(17)18)14-13(19)15-7-3-5-10(15)6-4-8-16/h9-11,16H,3-8H2,1-2H3,(H,14,19)(H,17,18). The molecule has 0 aliphatic carbocycles. The lowest BCUT2D eigenvalue weighted by molar-refractivity contribution is -0.140. The van der Waals surface area contributed by atoms with Gasteiger partial charge in [0.25, 0.3) is 0 Å². The van der Waals surface area contributed by atoms with Crippen LogP contribution in [0.25, 0.3) is 0 Å². The van der Waals surface area contributed by atoms with Crippen molar-refractivity contribution in [2.24, 2.45) is 5.92 Å². The van der Waals surface area contributed by atoms with Crippen LogP contribution >= 0.6 is 0 Å². The number of carboxylic acid groups (broad SMARTS) is 1. The average Bonchev–Trinajstić information content (AvgIpc) is 2.80. The molecule has 1 aliphatic heterocycles. The molecule has 110 valence electrons. The lowest BCUT2D eigenvalue weighted by atomic mass is 10.1. The lowest BCUT2D eigenvalue weighted by Gasteiger charge is -2.27. The molecule has 6 heteroatoms. The maximum absolute atomic E-state index is 12.1. The van der Waals surface area contributed by atoms with E-state index in [9.17, 15) is 9.59 Å². The number of rotatable bonds is 6. The first-order valence-corrected chi connectivity index (χ1v) is 6.88. The van der Waals surface area contributed by atoms with Crippen molar-refractivity contribution in [2.45, 2.75) is 51.6 Å². The van der Waals surface area contributed by atoms with Crippen LogP contribution in [0.1, 0.15) is 39.5 Å². The van der Waals surface area contributed by atoms with Gasteiger partial charge in [0.2, 0.25) is 0 Å². The summed E-state index contributed by atoms with van der Waals surface area (Å²) in [6.07, 6.45) is 3.29. The summed E-state index contributed by atoms with van der Waals surface area (Å²) < 4.78 is 0. The Morgan fingerprint density at radius 2 is 2.11 bits per heavy atom. The SMILES string of the molecule is CC(C)C(NC(=O)N1CCCC1CCCO)C(=O)O. The number of hydrogen-bond donors (Lipinski definition) is 3. The summed E-state index contributed by atoms with van der Waals surface area (Å²) in [5, 5.41) is 20.5. The zero-order valence-electron chi connectivity index (χ0n) is 11.6. The van der Waals surface area contributed by atoms with E-state index in [1.54, 1.807) is 18.7 Å². The highest BCUT2D eigenvalue weighted by Crippen LogP contribution is 2.21. The van der Waals surface area contributed by atoms with Gasteiger partial charge in [-0.3, -0.25) is 0 Å². The predicted molar refractivity (Wildman–Crippen MR) is 70.8 cm³/mol. The van der Waals surface area contributed by atoms with E-state index in [0.29, 0.717) is 13.0 Å². The number of hydrogen-bond acceptors (Lipinski definition) is 3. The summed E-state index contributed by atoms with van der Waals surface area (Å²) in [6, 6.07) is -1.04. The molecule has 3 N–H and O–H groups in total. The van der Waals surface area contributed by atoms with Gasteiger partial charge in [-0.1, -0.05) is 13.8 Å². The number of nitrogens with zero attached hydrogens (tertiary/aromatic N) is 1. The van der Waals surface area contributed by atoms with Gasteiger partial charge in [0.15, 0.2) is 0 Å². The van der Waals surface area contributed by atoms with Crippen molar-refractivity contribution < 1.29 is 19.8 Å². The minimum absolute atomic E-state index is 0.119. The number of aliphatic carboxylic acids is 1. The van der Waals surface area contributed by atoms with E-state index < -0.39 is 12.0 Å². The van der Waals surface area contributed by atoms with Gasteiger partial charge in [-0.2, -0.15) is 0 Å². The summed E-state index contributed by atoms with van der Waals surface area (Å²) in [7, 11) is 0. The van der Waals surface area contributed by atoms with Gasteiger partial charge in [-0.15, -0.1) is 0 Å². The molecule has 0 bridgehead atoms. The van der Waals surface area contributed by atoms with E-state index in [4.69, 9.17) is 10.2 Å². The molecule has 0 radical (unpaired) electrons. The van der Waals surface area contributed by atoms with Crippen LogP contribution < -0.4 is 5.32 Å². The Labute approximate surface area is 113 Å². The predicted octanol–water partition coefficient (Wildman–Crippen LogP) is 1.04. The number of likely N-dealkylation sites (tertiary alicyclic amines) is 1. The van der Waals surface area contributed by atoms with Gasteiger partial charge in [0.1, 0.15) is 6.04 Å². The van der Waals surface area contributed by atoms with Gasteiger partial charge in [-0.05, 0) is 31.6 Å². The molecule has 1 aliphatic rings. The molecule has 0 aromatic carbocycles. The highest BCUT2D eigenvalue weighted by atomic mass is 16.4. The Bertz CT molecular complexity index is 320. The van der Waals surface area contributed by atoms with Gasteiger partial charge < -0.3 is 20.4 Å². The van der Waals surface area contributed by atoms with Crippen LogP contribution in [0.15, 0.2) is 0 Å². The van der Waals surface area contributed by atoms with E-state index in [0.717, 1.165) is 19.3 Å². The van der Waals surface area contributed by atoms with Crippen molar-refractivity contribution in [1.82, 2.24) is 10.2 Å². The molecule has 1 rings (SSSR count). The maximum Gasteiger partial charge on any atom is 0.326 e. The van der Waals surface area contributed by atoms with Gasteiger partial charge >= 0.3 is 12.0 Å².